The lowest BCUT2D eigenvalue weighted by Crippen LogP contribution is -2.41. The molecule has 0 saturated heterocycles. The topological polar surface area (TPSA) is 85.2 Å². The molecule has 1 heterocycles. The lowest BCUT2D eigenvalue weighted by Gasteiger charge is -2.24. The standard InChI is InChI=1S/C19H22N6O2/c1-24(2)17(11-14-7-5-4-6-8-14)19(26)21-16-10-9-15(12-18(16)27-3)25-13-20-22-23-25/h4-10,12-13,17H,11H2,1-3H3,(H,21,26)/t17-/m0/s1. The van der Waals surface area contributed by atoms with Gasteiger partial charge in [-0.15, -0.1) is 5.10 Å². The van der Waals surface area contributed by atoms with E-state index in [1.807, 2.05) is 55.4 Å². The Hall–Kier alpha value is -3.26. The fourth-order valence-corrected chi connectivity index (χ4v) is 2.77. The number of aromatic nitrogens is 4. The van der Waals surface area contributed by atoms with Crippen LogP contribution in [0.4, 0.5) is 5.69 Å². The summed E-state index contributed by atoms with van der Waals surface area (Å²) < 4.78 is 6.95. The van der Waals surface area contributed by atoms with Gasteiger partial charge in [0.25, 0.3) is 0 Å². The Morgan fingerprint density at radius 3 is 2.63 bits per heavy atom. The molecule has 1 amide bonds. The van der Waals surface area contributed by atoms with Crippen molar-refractivity contribution in [2.45, 2.75) is 12.5 Å². The molecule has 8 nitrogen and oxygen atoms in total. The Balaban J connectivity index is 1.79. The van der Waals surface area contributed by atoms with Gasteiger partial charge in [0.1, 0.15) is 12.1 Å². The highest BCUT2D eigenvalue weighted by atomic mass is 16.5. The molecule has 8 heteroatoms. The fraction of sp³-hybridized carbons (Fsp3) is 0.263. The van der Waals surface area contributed by atoms with Crippen LogP contribution in [0.5, 0.6) is 5.75 Å². The Labute approximate surface area is 157 Å². The molecule has 0 unspecified atom stereocenters. The van der Waals surface area contributed by atoms with Gasteiger partial charge in [0, 0.05) is 6.07 Å². The van der Waals surface area contributed by atoms with E-state index in [1.54, 1.807) is 19.2 Å². The Morgan fingerprint density at radius 2 is 2.00 bits per heavy atom. The molecular formula is C19H22N6O2. The summed E-state index contributed by atoms with van der Waals surface area (Å²) in [5, 5.41) is 14.1. The number of carbonyl (C=O) groups is 1. The first-order chi connectivity index (χ1) is 13.1. The number of anilines is 1. The van der Waals surface area contributed by atoms with Gasteiger partial charge in [-0.2, -0.15) is 0 Å². The van der Waals surface area contributed by atoms with E-state index in [0.29, 0.717) is 17.9 Å². The first-order valence-electron chi connectivity index (χ1n) is 8.51. The Kier molecular flexibility index (Phi) is 5.77. The monoisotopic (exact) mass is 366 g/mol. The molecule has 1 N–H and O–H groups in total. The maximum Gasteiger partial charge on any atom is 0.242 e. The minimum Gasteiger partial charge on any atom is -0.494 e. The highest BCUT2D eigenvalue weighted by molar-refractivity contribution is 5.96. The summed E-state index contributed by atoms with van der Waals surface area (Å²) in [4.78, 5) is 14.8. The number of benzene rings is 2. The molecule has 0 aliphatic carbocycles. The summed E-state index contributed by atoms with van der Waals surface area (Å²) in [5.41, 5.74) is 2.44. The van der Waals surface area contributed by atoms with Gasteiger partial charge in [0.15, 0.2) is 0 Å². The Morgan fingerprint density at radius 1 is 1.22 bits per heavy atom. The summed E-state index contributed by atoms with van der Waals surface area (Å²) >= 11 is 0. The van der Waals surface area contributed by atoms with Gasteiger partial charge in [-0.1, -0.05) is 30.3 Å². The predicted molar refractivity (Wildman–Crippen MR) is 102 cm³/mol. The number of amides is 1. The molecule has 0 aliphatic heterocycles. The van der Waals surface area contributed by atoms with Crippen LogP contribution in [0, 0.1) is 0 Å². The maximum absolute atomic E-state index is 12.9. The van der Waals surface area contributed by atoms with Crippen molar-refractivity contribution in [1.82, 2.24) is 25.1 Å². The molecule has 0 saturated carbocycles. The summed E-state index contributed by atoms with van der Waals surface area (Å²) in [6, 6.07) is 15.0. The lowest BCUT2D eigenvalue weighted by atomic mass is 10.0. The number of nitrogens with one attached hydrogen (secondary N) is 1. The predicted octanol–water partition coefficient (Wildman–Crippen LogP) is 1.78. The minimum absolute atomic E-state index is 0.0997. The Bertz CT molecular complexity index is 880. The van der Waals surface area contributed by atoms with E-state index < -0.39 is 0 Å². The number of nitrogens with zero attached hydrogens (tertiary/aromatic N) is 5. The molecular weight excluding hydrogens is 344 g/mol. The number of hydrogen-bond donors (Lipinski definition) is 1. The summed E-state index contributed by atoms with van der Waals surface area (Å²) in [5.74, 6) is 0.436. The largest absolute Gasteiger partial charge is 0.494 e. The molecule has 0 radical (unpaired) electrons. The second kappa shape index (κ2) is 8.41. The zero-order valence-electron chi connectivity index (χ0n) is 15.5. The molecule has 1 atom stereocenters. The fourth-order valence-electron chi connectivity index (χ4n) is 2.77. The van der Waals surface area contributed by atoms with Gasteiger partial charge in [0.2, 0.25) is 5.91 Å². The summed E-state index contributed by atoms with van der Waals surface area (Å²) in [6.07, 6.45) is 2.11. The molecule has 3 rings (SSSR count). The van der Waals surface area contributed by atoms with Crippen LogP contribution in [0.15, 0.2) is 54.9 Å². The lowest BCUT2D eigenvalue weighted by molar-refractivity contribution is -0.120. The van der Waals surface area contributed by atoms with E-state index >= 15 is 0 Å². The van der Waals surface area contributed by atoms with Crippen LogP contribution in [0.1, 0.15) is 5.56 Å². The number of ether oxygens (including phenoxy) is 1. The minimum atomic E-state index is -0.309. The highest BCUT2D eigenvalue weighted by Gasteiger charge is 2.22. The van der Waals surface area contributed by atoms with E-state index in [4.69, 9.17) is 4.74 Å². The molecule has 2 aromatic carbocycles. The second-order valence-corrected chi connectivity index (χ2v) is 6.30. The molecule has 3 aromatic rings. The van der Waals surface area contributed by atoms with Crippen molar-refractivity contribution in [2.75, 3.05) is 26.5 Å². The van der Waals surface area contributed by atoms with Crippen molar-refractivity contribution >= 4 is 11.6 Å². The van der Waals surface area contributed by atoms with Crippen molar-refractivity contribution in [3.8, 4) is 11.4 Å². The molecule has 140 valence electrons. The number of methoxy groups -OCH3 is 1. The summed E-state index contributed by atoms with van der Waals surface area (Å²) in [6.45, 7) is 0. The first-order valence-corrected chi connectivity index (χ1v) is 8.51. The number of likely N-dealkylation sites (N-methyl/N-ethyl adjacent to an activating group) is 1. The quantitative estimate of drug-likeness (QED) is 0.686. The normalized spacial score (nSPS) is 12.0. The van der Waals surface area contributed by atoms with E-state index in [-0.39, 0.29) is 11.9 Å². The van der Waals surface area contributed by atoms with Gasteiger partial charge < -0.3 is 10.1 Å². The van der Waals surface area contributed by atoms with Crippen LogP contribution in [0.3, 0.4) is 0 Å². The number of tetrazole rings is 1. The number of hydrogen-bond acceptors (Lipinski definition) is 6. The van der Waals surface area contributed by atoms with Gasteiger partial charge in [-0.3, -0.25) is 9.69 Å². The van der Waals surface area contributed by atoms with Gasteiger partial charge in [-0.25, -0.2) is 4.68 Å². The van der Waals surface area contributed by atoms with Gasteiger partial charge in [-0.05, 0) is 48.6 Å². The van der Waals surface area contributed by atoms with Crippen LogP contribution in [0.25, 0.3) is 5.69 Å². The van der Waals surface area contributed by atoms with Crippen LogP contribution < -0.4 is 10.1 Å². The third kappa shape index (κ3) is 4.48. The van der Waals surface area contributed by atoms with E-state index in [2.05, 4.69) is 20.8 Å². The molecule has 1 aromatic heterocycles. The average Bonchev–Trinajstić information content (AvgIpc) is 3.21. The zero-order valence-corrected chi connectivity index (χ0v) is 15.5. The molecule has 0 bridgehead atoms. The molecule has 0 spiro atoms. The van der Waals surface area contributed by atoms with Crippen molar-refractivity contribution in [3.63, 3.8) is 0 Å². The van der Waals surface area contributed by atoms with Crippen LogP contribution in [0.2, 0.25) is 0 Å². The maximum atomic E-state index is 12.9. The SMILES string of the molecule is COc1cc(-n2cnnn2)ccc1NC(=O)[C@H](Cc1ccccc1)N(C)C. The van der Waals surface area contributed by atoms with Crippen molar-refractivity contribution in [2.24, 2.45) is 0 Å². The van der Waals surface area contributed by atoms with E-state index in [1.165, 1.54) is 11.0 Å². The van der Waals surface area contributed by atoms with Crippen LogP contribution >= 0.6 is 0 Å². The van der Waals surface area contributed by atoms with Gasteiger partial charge in [0.05, 0.1) is 24.5 Å². The molecule has 27 heavy (non-hydrogen) atoms. The van der Waals surface area contributed by atoms with Crippen molar-refractivity contribution in [3.05, 3.63) is 60.4 Å². The van der Waals surface area contributed by atoms with Crippen LogP contribution in [-0.4, -0.2) is 58.3 Å². The second-order valence-electron chi connectivity index (χ2n) is 6.30. The van der Waals surface area contributed by atoms with Crippen LogP contribution in [-0.2, 0) is 11.2 Å². The zero-order chi connectivity index (χ0) is 19.2. The van der Waals surface area contributed by atoms with Gasteiger partial charge >= 0.3 is 0 Å². The first kappa shape index (κ1) is 18.5. The number of carbonyl (C=O) groups excluding carboxylic acids is 1. The third-order valence-electron chi connectivity index (χ3n) is 4.25. The van der Waals surface area contributed by atoms with E-state index in [9.17, 15) is 4.79 Å². The molecule has 0 fully saturated rings. The number of rotatable bonds is 7. The summed E-state index contributed by atoms with van der Waals surface area (Å²) in [7, 11) is 5.35. The van der Waals surface area contributed by atoms with E-state index in [0.717, 1.165) is 11.3 Å². The third-order valence-corrected chi connectivity index (χ3v) is 4.25. The van der Waals surface area contributed by atoms with Crippen molar-refractivity contribution < 1.29 is 9.53 Å². The average molecular weight is 366 g/mol. The smallest absolute Gasteiger partial charge is 0.242 e. The highest BCUT2D eigenvalue weighted by Crippen LogP contribution is 2.27. The molecule has 0 aliphatic rings. The van der Waals surface area contributed by atoms with Crippen molar-refractivity contribution in [1.29, 1.82) is 0 Å².